The number of hydrogen-bond acceptors (Lipinski definition) is 7. The van der Waals surface area contributed by atoms with E-state index in [-0.39, 0.29) is 5.82 Å². The standard InChI is InChI=1S/C21H20FN7/c1-14(15-3-5-18(22)6-4-15)27-19-9-16(17(11-23)12-24-2)10-20(28-19)29-21-13-25-7-8-26-21/h3-13H,1,23H2,2H3,(H2,26,27,28,29). The molecule has 0 fully saturated rings. The molecule has 0 aliphatic heterocycles. The van der Waals surface area contributed by atoms with E-state index < -0.39 is 0 Å². The predicted molar refractivity (Wildman–Crippen MR) is 115 cm³/mol. The second-order valence-electron chi connectivity index (χ2n) is 5.96. The van der Waals surface area contributed by atoms with Gasteiger partial charge in [0.2, 0.25) is 0 Å². The smallest absolute Gasteiger partial charge is 0.150 e. The minimum atomic E-state index is -0.311. The molecule has 2 aromatic heterocycles. The van der Waals surface area contributed by atoms with Crippen molar-refractivity contribution >= 4 is 34.9 Å². The second-order valence-corrected chi connectivity index (χ2v) is 5.96. The summed E-state index contributed by atoms with van der Waals surface area (Å²) in [5.74, 6) is 1.28. The fourth-order valence-electron chi connectivity index (χ4n) is 2.55. The number of pyridine rings is 1. The largest absolute Gasteiger partial charge is 0.404 e. The van der Waals surface area contributed by atoms with Crippen molar-refractivity contribution in [3.63, 3.8) is 0 Å². The van der Waals surface area contributed by atoms with Gasteiger partial charge in [-0.25, -0.2) is 14.4 Å². The fraction of sp³-hybridized carbons (Fsp3) is 0.0476. The minimum Gasteiger partial charge on any atom is -0.404 e. The van der Waals surface area contributed by atoms with Gasteiger partial charge in [0, 0.05) is 43.1 Å². The Balaban J connectivity index is 1.95. The van der Waals surface area contributed by atoms with E-state index in [1.807, 2.05) is 12.1 Å². The molecule has 4 N–H and O–H groups in total. The molecule has 0 radical (unpaired) electrons. The van der Waals surface area contributed by atoms with Gasteiger partial charge in [0.05, 0.1) is 6.20 Å². The normalized spacial score (nSPS) is 11.4. The molecule has 0 spiro atoms. The predicted octanol–water partition coefficient (Wildman–Crippen LogP) is 3.84. The van der Waals surface area contributed by atoms with Crippen LogP contribution in [0.2, 0.25) is 0 Å². The number of nitrogens with zero attached hydrogens (tertiary/aromatic N) is 4. The van der Waals surface area contributed by atoms with E-state index >= 15 is 0 Å². The number of aliphatic imine (C=N–C) groups is 1. The van der Waals surface area contributed by atoms with Crippen LogP contribution in [0.5, 0.6) is 0 Å². The van der Waals surface area contributed by atoms with Crippen LogP contribution in [0.1, 0.15) is 11.1 Å². The molecule has 3 aromatic rings. The van der Waals surface area contributed by atoms with E-state index in [2.05, 4.69) is 37.2 Å². The van der Waals surface area contributed by atoms with Gasteiger partial charge in [-0.1, -0.05) is 18.7 Å². The van der Waals surface area contributed by atoms with Crippen LogP contribution in [-0.2, 0) is 0 Å². The Bertz CT molecular complexity index is 1040. The molecule has 0 amide bonds. The second kappa shape index (κ2) is 9.23. The van der Waals surface area contributed by atoms with Gasteiger partial charge < -0.3 is 16.4 Å². The molecule has 0 saturated carbocycles. The Hall–Kier alpha value is -4.07. The van der Waals surface area contributed by atoms with Gasteiger partial charge in [-0.2, -0.15) is 0 Å². The van der Waals surface area contributed by atoms with Gasteiger partial charge in [-0.15, -0.1) is 0 Å². The van der Waals surface area contributed by atoms with Crippen molar-refractivity contribution in [3.8, 4) is 0 Å². The molecule has 0 unspecified atom stereocenters. The highest BCUT2D eigenvalue weighted by Crippen LogP contribution is 2.24. The quantitative estimate of drug-likeness (QED) is 0.531. The van der Waals surface area contributed by atoms with Crippen molar-refractivity contribution in [2.45, 2.75) is 0 Å². The third-order valence-electron chi connectivity index (χ3n) is 3.90. The topological polar surface area (TPSA) is 101 Å². The van der Waals surface area contributed by atoms with Crippen LogP contribution in [0.3, 0.4) is 0 Å². The van der Waals surface area contributed by atoms with Crippen molar-refractivity contribution in [1.29, 1.82) is 0 Å². The summed E-state index contributed by atoms with van der Waals surface area (Å²) < 4.78 is 13.2. The molecule has 2 heterocycles. The van der Waals surface area contributed by atoms with Gasteiger partial charge in [-0.3, -0.25) is 9.98 Å². The van der Waals surface area contributed by atoms with Crippen molar-refractivity contribution in [1.82, 2.24) is 15.0 Å². The number of hydrogen-bond donors (Lipinski definition) is 3. The lowest BCUT2D eigenvalue weighted by Crippen LogP contribution is -2.04. The molecular weight excluding hydrogens is 369 g/mol. The number of halogens is 1. The van der Waals surface area contributed by atoms with Gasteiger partial charge in [0.25, 0.3) is 0 Å². The lowest BCUT2D eigenvalue weighted by atomic mass is 10.1. The van der Waals surface area contributed by atoms with Crippen molar-refractivity contribution < 1.29 is 4.39 Å². The summed E-state index contributed by atoms with van der Waals surface area (Å²) in [5.41, 5.74) is 8.58. The summed E-state index contributed by atoms with van der Waals surface area (Å²) in [6.45, 7) is 4.01. The van der Waals surface area contributed by atoms with E-state index in [1.54, 1.807) is 44.0 Å². The number of nitrogens with one attached hydrogen (secondary N) is 2. The third-order valence-corrected chi connectivity index (χ3v) is 3.90. The Labute approximate surface area is 168 Å². The monoisotopic (exact) mass is 389 g/mol. The zero-order chi connectivity index (χ0) is 20.6. The maximum Gasteiger partial charge on any atom is 0.150 e. The van der Waals surface area contributed by atoms with Gasteiger partial charge >= 0.3 is 0 Å². The van der Waals surface area contributed by atoms with Crippen LogP contribution < -0.4 is 16.4 Å². The number of aromatic nitrogens is 3. The van der Waals surface area contributed by atoms with Crippen molar-refractivity contribution in [2.24, 2.45) is 10.7 Å². The maximum absolute atomic E-state index is 13.2. The van der Waals surface area contributed by atoms with Gasteiger partial charge in [0.1, 0.15) is 23.3 Å². The van der Waals surface area contributed by atoms with Gasteiger partial charge in [0.15, 0.2) is 0 Å². The van der Waals surface area contributed by atoms with Crippen LogP contribution in [0.4, 0.5) is 21.8 Å². The Morgan fingerprint density at radius 1 is 1.10 bits per heavy atom. The van der Waals surface area contributed by atoms with E-state index in [4.69, 9.17) is 5.73 Å². The van der Waals surface area contributed by atoms with Crippen molar-refractivity contribution in [2.75, 3.05) is 17.7 Å². The molecule has 146 valence electrons. The molecule has 0 aliphatic carbocycles. The first-order chi connectivity index (χ1) is 14.1. The summed E-state index contributed by atoms with van der Waals surface area (Å²) in [6.07, 6.45) is 7.87. The van der Waals surface area contributed by atoms with Crippen LogP contribution in [0.15, 0.2) is 72.8 Å². The molecular formula is C21H20FN7. The zero-order valence-electron chi connectivity index (χ0n) is 15.8. The summed E-state index contributed by atoms with van der Waals surface area (Å²) in [4.78, 5) is 16.8. The summed E-state index contributed by atoms with van der Waals surface area (Å²) in [7, 11) is 1.67. The minimum absolute atomic E-state index is 0.311. The van der Waals surface area contributed by atoms with E-state index in [9.17, 15) is 4.39 Å². The summed E-state index contributed by atoms with van der Waals surface area (Å²) in [6, 6.07) is 9.67. The number of allylic oxidation sites excluding steroid dienone is 1. The Kier molecular flexibility index (Phi) is 6.26. The fourth-order valence-corrected chi connectivity index (χ4v) is 2.55. The van der Waals surface area contributed by atoms with Crippen molar-refractivity contribution in [3.05, 3.63) is 84.7 Å². The first-order valence-corrected chi connectivity index (χ1v) is 8.70. The average Bonchev–Trinajstić information content (AvgIpc) is 2.73. The highest BCUT2D eigenvalue weighted by atomic mass is 19.1. The first-order valence-electron chi connectivity index (χ1n) is 8.70. The summed E-state index contributed by atoms with van der Waals surface area (Å²) in [5, 5.41) is 6.26. The Morgan fingerprint density at radius 3 is 2.52 bits per heavy atom. The van der Waals surface area contributed by atoms with Crippen LogP contribution in [0, 0.1) is 5.82 Å². The highest BCUT2D eigenvalue weighted by Gasteiger charge is 2.09. The van der Waals surface area contributed by atoms with Crippen LogP contribution >= 0.6 is 0 Å². The number of rotatable bonds is 7. The third kappa shape index (κ3) is 5.23. The molecule has 8 heteroatoms. The Morgan fingerprint density at radius 2 is 1.86 bits per heavy atom. The molecule has 0 aliphatic rings. The molecule has 7 nitrogen and oxygen atoms in total. The first kappa shape index (κ1) is 19.7. The van der Waals surface area contributed by atoms with Crippen LogP contribution in [-0.4, -0.2) is 28.2 Å². The van der Waals surface area contributed by atoms with Gasteiger partial charge in [-0.05, 0) is 35.4 Å². The van der Waals surface area contributed by atoms with E-state index in [0.717, 1.165) is 11.1 Å². The average molecular weight is 389 g/mol. The molecule has 1 aromatic carbocycles. The SMILES string of the molecule is C=C(Nc1cc(C(C=NC)=CN)cc(Nc2cnccn2)n1)c1ccc(F)cc1. The van der Waals surface area contributed by atoms with E-state index in [0.29, 0.717) is 28.7 Å². The van der Waals surface area contributed by atoms with Crippen LogP contribution in [0.25, 0.3) is 11.3 Å². The molecule has 29 heavy (non-hydrogen) atoms. The number of benzene rings is 1. The molecule has 3 rings (SSSR count). The lowest BCUT2D eigenvalue weighted by molar-refractivity contribution is 0.627. The highest BCUT2D eigenvalue weighted by molar-refractivity contribution is 6.10. The van der Waals surface area contributed by atoms with E-state index in [1.165, 1.54) is 18.3 Å². The number of anilines is 3. The molecule has 0 saturated heterocycles. The lowest BCUT2D eigenvalue weighted by Gasteiger charge is -2.14. The molecule has 0 atom stereocenters. The molecule has 0 bridgehead atoms. The number of nitrogens with two attached hydrogens (primary N) is 1. The zero-order valence-corrected chi connectivity index (χ0v) is 15.8. The maximum atomic E-state index is 13.2. The summed E-state index contributed by atoms with van der Waals surface area (Å²) >= 11 is 0.